The molecule has 10 heteroatoms. The third kappa shape index (κ3) is 4.07. The average Bonchev–Trinajstić information content (AvgIpc) is 2.79. The van der Waals surface area contributed by atoms with Gasteiger partial charge in [-0.25, -0.2) is 14.8 Å². The van der Waals surface area contributed by atoms with Crippen LogP contribution in [0.2, 0.25) is 0 Å². The molecule has 4 amide bonds. The van der Waals surface area contributed by atoms with Gasteiger partial charge in [0.05, 0.1) is 0 Å². The zero-order valence-electron chi connectivity index (χ0n) is 16.5. The van der Waals surface area contributed by atoms with Gasteiger partial charge in [0.2, 0.25) is 11.8 Å². The number of carbonyl (C=O) groups excluding carboxylic acids is 3. The Labute approximate surface area is 173 Å². The molecule has 0 aliphatic carbocycles. The number of hydrogen-bond acceptors (Lipinski definition) is 7. The van der Waals surface area contributed by atoms with Crippen LogP contribution in [-0.4, -0.2) is 75.4 Å². The van der Waals surface area contributed by atoms with Gasteiger partial charge in [0.15, 0.2) is 0 Å². The molecule has 156 valence electrons. The third-order valence-electron chi connectivity index (χ3n) is 5.36. The van der Waals surface area contributed by atoms with E-state index in [1.807, 2.05) is 12.1 Å². The molecule has 30 heavy (non-hydrogen) atoms. The average molecular weight is 410 g/mol. The highest BCUT2D eigenvalue weighted by atomic mass is 16.5. The highest BCUT2D eigenvalue weighted by Crippen LogP contribution is 2.21. The van der Waals surface area contributed by atoms with Gasteiger partial charge in [-0.05, 0) is 17.7 Å². The second-order valence-electron chi connectivity index (χ2n) is 7.27. The summed E-state index contributed by atoms with van der Waals surface area (Å²) in [6.45, 7) is 0.981. The SMILES string of the molecule is CN1C(=O)NCC(C(=O)N2CCC(Oc3ncc(-c4ccncc4)cn3)CC2)C1=O. The maximum atomic E-state index is 12.7. The number of hydrogen-bond donors (Lipinski definition) is 1. The molecule has 1 N–H and O–H groups in total. The Balaban J connectivity index is 1.30. The van der Waals surface area contributed by atoms with E-state index < -0.39 is 17.9 Å². The van der Waals surface area contributed by atoms with Crippen molar-refractivity contribution in [2.45, 2.75) is 18.9 Å². The van der Waals surface area contributed by atoms with Crippen LogP contribution in [0.25, 0.3) is 11.1 Å². The van der Waals surface area contributed by atoms with Crippen molar-refractivity contribution < 1.29 is 19.1 Å². The number of amides is 4. The molecule has 10 nitrogen and oxygen atoms in total. The van der Waals surface area contributed by atoms with Gasteiger partial charge < -0.3 is 15.0 Å². The van der Waals surface area contributed by atoms with Crippen LogP contribution in [0.1, 0.15) is 12.8 Å². The van der Waals surface area contributed by atoms with Gasteiger partial charge in [-0.3, -0.25) is 19.5 Å². The summed E-state index contributed by atoms with van der Waals surface area (Å²) in [6.07, 6.45) is 7.95. The van der Waals surface area contributed by atoms with Crippen LogP contribution >= 0.6 is 0 Å². The molecule has 0 bridgehead atoms. The first kappa shape index (κ1) is 19.7. The van der Waals surface area contributed by atoms with E-state index >= 15 is 0 Å². The second-order valence-corrected chi connectivity index (χ2v) is 7.27. The number of pyridine rings is 1. The van der Waals surface area contributed by atoms with Crippen LogP contribution in [0, 0.1) is 5.92 Å². The number of ether oxygens (including phenoxy) is 1. The standard InChI is InChI=1S/C20H22N6O4/c1-25-17(27)16(12-24-20(25)29)18(28)26-8-4-15(5-9-26)30-19-22-10-14(11-23-19)13-2-6-21-7-3-13/h2-3,6-7,10-11,15-16H,4-5,8-9,12H2,1H3,(H,24,29). The Hall–Kier alpha value is -3.56. The van der Waals surface area contributed by atoms with Crippen LogP contribution in [0.5, 0.6) is 6.01 Å². The predicted octanol–water partition coefficient (Wildman–Crippen LogP) is 0.706. The Bertz CT molecular complexity index is 928. The van der Waals surface area contributed by atoms with E-state index in [1.165, 1.54) is 7.05 Å². The molecule has 1 unspecified atom stereocenters. The lowest BCUT2D eigenvalue weighted by Crippen LogP contribution is -2.58. The summed E-state index contributed by atoms with van der Waals surface area (Å²) < 4.78 is 5.87. The predicted molar refractivity (Wildman–Crippen MR) is 105 cm³/mol. The van der Waals surface area contributed by atoms with E-state index in [0.717, 1.165) is 16.0 Å². The molecule has 2 aliphatic heterocycles. The number of imide groups is 1. The molecule has 2 aliphatic rings. The number of rotatable bonds is 4. The minimum absolute atomic E-state index is 0.0366. The van der Waals surface area contributed by atoms with E-state index in [-0.39, 0.29) is 18.6 Å². The molecule has 2 aromatic heterocycles. The number of carbonyl (C=O) groups is 3. The lowest BCUT2D eigenvalue weighted by Gasteiger charge is -2.35. The number of likely N-dealkylation sites (tertiary alicyclic amines) is 1. The lowest BCUT2D eigenvalue weighted by molar-refractivity contribution is -0.147. The van der Waals surface area contributed by atoms with Gasteiger partial charge in [0.1, 0.15) is 12.0 Å². The number of piperidine rings is 1. The van der Waals surface area contributed by atoms with Crippen molar-refractivity contribution in [1.82, 2.24) is 30.1 Å². The van der Waals surface area contributed by atoms with E-state index in [4.69, 9.17) is 4.74 Å². The van der Waals surface area contributed by atoms with Crippen molar-refractivity contribution in [1.29, 1.82) is 0 Å². The molecule has 0 saturated carbocycles. The fourth-order valence-electron chi connectivity index (χ4n) is 3.56. The van der Waals surface area contributed by atoms with Crippen molar-refractivity contribution >= 4 is 17.8 Å². The highest BCUT2D eigenvalue weighted by Gasteiger charge is 2.39. The maximum absolute atomic E-state index is 12.7. The first-order chi connectivity index (χ1) is 14.5. The van der Waals surface area contributed by atoms with Crippen LogP contribution in [0.15, 0.2) is 36.9 Å². The van der Waals surface area contributed by atoms with E-state index in [2.05, 4.69) is 20.3 Å². The molecule has 4 rings (SSSR count). The normalized spacial score (nSPS) is 20.1. The van der Waals surface area contributed by atoms with Crippen molar-refractivity contribution in [2.24, 2.45) is 5.92 Å². The molecule has 0 spiro atoms. The van der Waals surface area contributed by atoms with E-state index in [9.17, 15) is 14.4 Å². The minimum atomic E-state index is -0.866. The highest BCUT2D eigenvalue weighted by molar-refractivity contribution is 6.08. The van der Waals surface area contributed by atoms with Crippen LogP contribution in [-0.2, 0) is 9.59 Å². The van der Waals surface area contributed by atoms with E-state index in [0.29, 0.717) is 31.9 Å². The molecule has 2 aromatic rings. The summed E-state index contributed by atoms with van der Waals surface area (Å²) >= 11 is 0. The summed E-state index contributed by atoms with van der Waals surface area (Å²) in [5, 5.41) is 2.56. The molecular formula is C20H22N6O4. The largest absolute Gasteiger partial charge is 0.460 e. The van der Waals surface area contributed by atoms with Crippen molar-refractivity contribution in [3.63, 3.8) is 0 Å². The summed E-state index contributed by atoms with van der Waals surface area (Å²) in [7, 11) is 1.37. The second kappa shape index (κ2) is 8.44. The Kier molecular flexibility index (Phi) is 5.55. The van der Waals surface area contributed by atoms with E-state index in [1.54, 1.807) is 29.7 Å². The summed E-state index contributed by atoms with van der Waals surface area (Å²) in [6, 6.07) is 3.58. The van der Waals surface area contributed by atoms with Gasteiger partial charge in [-0.1, -0.05) is 0 Å². The number of nitrogens with zero attached hydrogens (tertiary/aromatic N) is 5. The first-order valence-corrected chi connectivity index (χ1v) is 9.76. The fraction of sp³-hybridized carbons (Fsp3) is 0.400. The quantitative estimate of drug-likeness (QED) is 0.738. The lowest BCUT2D eigenvalue weighted by atomic mass is 10.0. The molecule has 2 fully saturated rings. The Morgan fingerprint density at radius 3 is 2.43 bits per heavy atom. The number of urea groups is 1. The zero-order valence-corrected chi connectivity index (χ0v) is 16.5. The maximum Gasteiger partial charge on any atom is 0.323 e. The smallest absolute Gasteiger partial charge is 0.323 e. The minimum Gasteiger partial charge on any atom is -0.460 e. The van der Waals surface area contributed by atoms with Gasteiger partial charge in [-0.2, -0.15) is 0 Å². The van der Waals surface area contributed by atoms with Crippen LogP contribution in [0.3, 0.4) is 0 Å². The van der Waals surface area contributed by atoms with Gasteiger partial charge >= 0.3 is 12.0 Å². The summed E-state index contributed by atoms with van der Waals surface area (Å²) in [5.74, 6) is -1.60. The van der Waals surface area contributed by atoms with Crippen molar-refractivity contribution in [3.8, 4) is 17.1 Å². The molecule has 0 aromatic carbocycles. The molecule has 1 atom stereocenters. The van der Waals surface area contributed by atoms with Gasteiger partial charge in [-0.15, -0.1) is 0 Å². The molecular weight excluding hydrogens is 388 g/mol. The Morgan fingerprint density at radius 1 is 1.10 bits per heavy atom. The zero-order chi connectivity index (χ0) is 21.1. The topological polar surface area (TPSA) is 118 Å². The summed E-state index contributed by atoms with van der Waals surface area (Å²) in [4.78, 5) is 51.6. The first-order valence-electron chi connectivity index (χ1n) is 9.76. The molecule has 2 saturated heterocycles. The fourth-order valence-corrected chi connectivity index (χ4v) is 3.56. The number of nitrogens with one attached hydrogen (secondary N) is 1. The van der Waals surface area contributed by atoms with Crippen LogP contribution in [0.4, 0.5) is 4.79 Å². The van der Waals surface area contributed by atoms with Crippen molar-refractivity contribution in [2.75, 3.05) is 26.7 Å². The third-order valence-corrected chi connectivity index (χ3v) is 5.36. The van der Waals surface area contributed by atoms with Crippen LogP contribution < -0.4 is 10.1 Å². The van der Waals surface area contributed by atoms with Gasteiger partial charge in [0, 0.05) is 69.9 Å². The summed E-state index contributed by atoms with van der Waals surface area (Å²) in [5.41, 5.74) is 1.85. The monoisotopic (exact) mass is 410 g/mol. The van der Waals surface area contributed by atoms with Gasteiger partial charge in [0.25, 0.3) is 0 Å². The molecule has 0 radical (unpaired) electrons. The molecule has 4 heterocycles. The number of aromatic nitrogens is 3. The van der Waals surface area contributed by atoms with Crippen molar-refractivity contribution in [3.05, 3.63) is 36.9 Å². The Morgan fingerprint density at radius 2 is 1.77 bits per heavy atom.